The van der Waals surface area contributed by atoms with Crippen molar-refractivity contribution in [1.82, 2.24) is 14.9 Å². The van der Waals surface area contributed by atoms with Crippen molar-refractivity contribution in [3.63, 3.8) is 0 Å². The molecule has 0 saturated carbocycles. The van der Waals surface area contributed by atoms with Crippen molar-refractivity contribution >= 4 is 27.4 Å². The summed E-state index contributed by atoms with van der Waals surface area (Å²) in [6, 6.07) is 16.6. The summed E-state index contributed by atoms with van der Waals surface area (Å²) < 4.78 is 5.58. The Morgan fingerprint density at radius 3 is 2.69 bits per heavy atom. The normalized spacial score (nSPS) is 12.6. The summed E-state index contributed by atoms with van der Waals surface area (Å²) in [7, 11) is 4.09. The van der Waals surface area contributed by atoms with Crippen LogP contribution in [0.5, 0.6) is 0 Å². The Morgan fingerprint density at radius 2 is 1.96 bits per heavy atom. The minimum Gasteiger partial charge on any atom is -0.468 e. The summed E-state index contributed by atoms with van der Waals surface area (Å²) in [5.74, 6) is 1.79. The quantitative estimate of drug-likeness (QED) is 0.539. The van der Waals surface area contributed by atoms with E-state index < -0.39 is 0 Å². The molecule has 0 aliphatic carbocycles. The highest BCUT2D eigenvalue weighted by molar-refractivity contribution is 7.21. The lowest BCUT2D eigenvalue weighted by Crippen LogP contribution is -2.26. The van der Waals surface area contributed by atoms with Gasteiger partial charge in [-0.05, 0) is 37.9 Å². The molecule has 4 rings (SSSR count). The highest BCUT2D eigenvalue weighted by atomic mass is 32.1. The van der Waals surface area contributed by atoms with E-state index in [4.69, 9.17) is 4.42 Å². The fraction of sp³-hybridized carbons (Fsp3) is 0.200. The third-order valence-electron chi connectivity index (χ3n) is 4.35. The predicted molar refractivity (Wildman–Crippen MR) is 106 cm³/mol. The van der Waals surface area contributed by atoms with Gasteiger partial charge in [-0.3, -0.25) is 4.90 Å². The van der Waals surface area contributed by atoms with Crippen LogP contribution in [0.4, 0.5) is 5.82 Å². The van der Waals surface area contributed by atoms with Crippen LogP contribution in [0.1, 0.15) is 11.8 Å². The Bertz CT molecular complexity index is 980. The molecule has 0 aliphatic heterocycles. The predicted octanol–water partition coefficient (Wildman–Crippen LogP) is 4.67. The zero-order valence-corrected chi connectivity index (χ0v) is 15.5. The first-order chi connectivity index (χ1) is 12.7. The van der Waals surface area contributed by atoms with Gasteiger partial charge < -0.3 is 9.73 Å². The number of likely N-dealkylation sites (N-methyl/N-ethyl adjacent to an activating group) is 1. The Balaban J connectivity index is 1.61. The Labute approximate surface area is 156 Å². The SMILES string of the molecule is CN(C)C(CNc1ncnc2sc(-c3ccccc3)cc12)c1ccco1. The van der Waals surface area contributed by atoms with Crippen LogP contribution in [0.25, 0.3) is 20.7 Å². The molecule has 5 nitrogen and oxygen atoms in total. The standard InChI is InChI=1S/C20H20N4OS/c1-24(2)16(17-9-6-10-25-17)12-21-19-15-11-18(14-7-4-3-5-8-14)26-20(15)23-13-22-19/h3-11,13,16H,12H2,1-2H3,(H,21,22,23). The summed E-state index contributed by atoms with van der Waals surface area (Å²) in [4.78, 5) is 13.2. The first-order valence-electron chi connectivity index (χ1n) is 8.46. The minimum atomic E-state index is 0.127. The molecule has 0 aliphatic rings. The van der Waals surface area contributed by atoms with Crippen molar-refractivity contribution in [2.45, 2.75) is 6.04 Å². The molecule has 0 saturated heterocycles. The topological polar surface area (TPSA) is 54.2 Å². The van der Waals surface area contributed by atoms with Crippen LogP contribution in [-0.4, -0.2) is 35.5 Å². The van der Waals surface area contributed by atoms with Crippen LogP contribution in [0.3, 0.4) is 0 Å². The van der Waals surface area contributed by atoms with Gasteiger partial charge in [-0.25, -0.2) is 9.97 Å². The van der Waals surface area contributed by atoms with Gasteiger partial charge in [-0.1, -0.05) is 30.3 Å². The molecule has 0 bridgehead atoms. The van der Waals surface area contributed by atoms with Gasteiger partial charge in [0, 0.05) is 11.4 Å². The number of fused-ring (bicyclic) bond motifs is 1. The first kappa shape index (κ1) is 16.8. The van der Waals surface area contributed by atoms with Crippen LogP contribution in [0, 0.1) is 0 Å². The van der Waals surface area contributed by atoms with E-state index in [0.717, 1.165) is 21.8 Å². The minimum absolute atomic E-state index is 0.127. The number of anilines is 1. The van der Waals surface area contributed by atoms with Gasteiger partial charge in [0.25, 0.3) is 0 Å². The molecule has 0 fully saturated rings. The molecular weight excluding hydrogens is 344 g/mol. The van der Waals surface area contributed by atoms with Crippen molar-refractivity contribution in [2.75, 3.05) is 26.0 Å². The molecule has 132 valence electrons. The highest BCUT2D eigenvalue weighted by Crippen LogP contribution is 2.35. The molecule has 1 aromatic carbocycles. The van der Waals surface area contributed by atoms with Gasteiger partial charge in [0.05, 0.1) is 17.7 Å². The number of thiophene rings is 1. The highest BCUT2D eigenvalue weighted by Gasteiger charge is 2.18. The molecule has 26 heavy (non-hydrogen) atoms. The van der Waals surface area contributed by atoms with Gasteiger partial charge in [0.1, 0.15) is 22.7 Å². The summed E-state index contributed by atoms with van der Waals surface area (Å²) >= 11 is 1.68. The third kappa shape index (κ3) is 3.34. The zero-order valence-electron chi connectivity index (χ0n) is 14.7. The van der Waals surface area contributed by atoms with Crippen LogP contribution in [0.2, 0.25) is 0 Å². The van der Waals surface area contributed by atoms with E-state index in [1.165, 1.54) is 10.4 Å². The van der Waals surface area contributed by atoms with E-state index in [1.54, 1.807) is 23.9 Å². The van der Waals surface area contributed by atoms with E-state index in [-0.39, 0.29) is 6.04 Å². The van der Waals surface area contributed by atoms with Crippen molar-refractivity contribution in [3.05, 3.63) is 66.9 Å². The average molecular weight is 364 g/mol. The van der Waals surface area contributed by atoms with Crippen molar-refractivity contribution in [3.8, 4) is 10.4 Å². The van der Waals surface area contributed by atoms with Gasteiger partial charge in [0.2, 0.25) is 0 Å². The molecule has 1 atom stereocenters. The number of benzene rings is 1. The van der Waals surface area contributed by atoms with E-state index in [0.29, 0.717) is 6.54 Å². The van der Waals surface area contributed by atoms with E-state index >= 15 is 0 Å². The van der Waals surface area contributed by atoms with Gasteiger partial charge in [0.15, 0.2) is 0 Å². The summed E-state index contributed by atoms with van der Waals surface area (Å²) in [6.07, 6.45) is 3.33. The third-order valence-corrected chi connectivity index (χ3v) is 5.44. The van der Waals surface area contributed by atoms with Gasteiger partial charge in [-0.2, -0.15) is 0 Å². The van der Waals surface area contributed by atoms with E-state index in [2.05, 4.69) is 50.5 Å². The zero-order chi connectivity index (χ0) is 17.9. The lowest BCUT2D eigenvalue weighted by atomic mass is 10.2. The second kappa shape index (κ2) is 7.27. The first-order valence-corrected chi connectivity index (χ1v) is 9.27. The smallest absolute Gasteiger partial charge is 0.138 e. The molecule has 0 radical (unpaired) electrons. The molecule has 1 N–H and O–H groups in total. The number of hydrogen-bond acceptors (Lipinski definition) is 6. The molecule has 6 heteroatoms. The number of rotatable bonds is 6. The molecular formula is C20H20N4OS. The van der Waals surface area contributed by atoms with Crippen molar-refractivity contribution in [2.24, 2.45) is 0 Å². The number of furan rings is 1. The number of nitrogens with zero attached hydrogens (tertiary/aromatic N) is 3. The number of aromatic nitrogens is 2. The fourth-order valence-electron chi connectivity index (χ4n) is 2.95. The summed E-state index contributed by atoms with van der Waals surface area (Å²) in [5.41, 5.74) is 1.20. The van der Waals surface area contributed by atoms with Crippen molar-refractivity contribution < 1.29 is 4.42 Å². The second-order valence-electron chi connectivity index (χ2n) is 6.29. The lowest BCUT2D eigenvalue weighted by Gasteiger charge is -2.22. The van der Waals surface area contributed by atoms with Crippen LogP contribution >= 0.6 is 11.3 Å². The Hall–Kier alpha value is -2.70. The molecule has 0 spiro atoms. The fourth-order valence-corrected chi connectivity index (χ4v) is 3.96. The maximum absolute atomic E-state index is 5.58. The summed E-state index contributed by atoms with van der Waals surface area (Å²) in [6.45, 7) is 0.698. The van der Waals surface area contributed by atoms with Gasteiger partial charge >= 0.3 is 0 Å². The van der Waals surface area contributed by atoms with Crippen LogP contribution in [-0.2, 0) is 0 Å². The molecule has 0 amide bonds. The second-order valence-corrected chi connectivity index (χ2v) is 7.32. The average Bonchev–Trinajstić information content (AvgIpc) is 3.32. The van der Waals surface area contributed by atoms with Crippen LogP contribution < -0.4 is 5.32 Å². The Morgan fingerprint density at radius 1 is 1.12 bits per heavy atom. The molecule has 3 heterocycles. The maximum atomic E-state index is 5.58. The van der Waals surface area contributed by atoms with Gasteiger partial charge in [-0.15, -0.1) is 11.3 Å². The number of hydrogen-bond donors (Lipinski definition) is 1. The largest absolute Gasteiger partial charge is 0.468 e. The summed E-state index contributed by atoms with van der Waals surface area (Å²) in [5, 5.41) is 4.53. The van der Waals surface area contributed by atoms with E-state index in [9.17, 15) is 0 Å². The molecule has 3 aromatic heterocycles. The van der Waals surface area contributed by atoms with Crippen LogP contribution in [0.15, 0.2) is 65.5 Å². The van der Waals surface area contributed by atoms with E-state index in [1.807, 2.05) is 32.3 Å². The van der Waals surface area contributed by atoms with Crippen molar-refractivity contribution in [1.29, 1.82) is 0 Å². The number of nitrogens with one attached hydrogen (secondary N) is 1. The molecule has 1 unspecified atom stereocenters. The Kier molecular flexibility index (Phi) is 4.69. The monoisotopic (exact) mass is 364 g/mol. The lowest BCUT2D eigenvalue weighted by molar-refractivity contribution is 0.269. The molecule has 4 aromatic rings. The maximum Gasteiger partial charge on any atom is 0.138 e.